The summed E-state index contributed by atoms with van der Waals surface area (Å²) in [6, 6.07) is 3.62. The number of nitrogens with zero attached hydrogens (tertiary/aromatic N) is 2. The van der Waals surface area contributed by atoms with Crippen molar-refractivity contribution in [2.24, 2.45) is 0 Å². The minimum atomic E-state index is -0.0935. The van der Waals surface area contributed by atoms with E-state index in [4.69, 9.17) is 4.42 Å². The first-order valence-electron chi connectivity index (χ1n) is 4.39. The van der Waals surface area contributed by atoms with Gasteiger partial charge in [0.25, 0.3) is 5.91 Å². The van der Waals surface area contributed by atoms with Crippen LogP contribution in [0, 0.1) is 0 Å². The predicted molar refractivity (Wildman–Crippen MR) is 57.8 cm³/mol. The lowest BCUT2D eigenvalue weighted by molar-refractivity contribution is 0.0823. The zero-order chi connectivity index (χ0) is 10.8. The molecule has 78 valence electrons. The highest BCUT2D eigenvalue weighted by molar-refractivity contribution is 7.13. The average Bonchev–Trinajstić information content (AvgIpc) is 2.86. The van der Waals surface area contributed by atoms with Gasteiger partial charge < -0.3 is 9.32 Å². The van der Waals surface area contributed by atoms with Gasteiger partial charge in [-0.25, -0.2) is 4.98 Å². The van der Waals surface area contributed by atoms with E-state index in [1.807, 2.05) is 6.07 Å². The lowest BCUT2D eigenvalue weighted by Gasteiger charge is -2.06. The third kappa shape index (κ3) is 1.92. The van der Waals surface area contributed by atoms with E-state index in [1.54, 1.807) is 31.8 Å². The Bertz CT molecular complexity index is 459. The van der Waals surface area contributed by atoms with E-state index >= 15 is 0 Å². The fourth-order valence-electron chi connectivity index (χ4n) is 1.11. The highest BCUT2D eigenvalue weighted by Crippen LogP contribution is 2.24. The molecule has 0 aliphatic rings. The average molecular weight is 222 g/mol. The first kappa shape index (κ1) is 9.92. The van der Waals surface area contributed by atoms with Crippen LogP contribution in [0.1, 0.15) is 10.5 Å². The lowest BCUT2D eigenvalue weighted by atomic mass is 10.4. The first-order chi connectivity index (χ1) is 7.18. The zero-order valence-electron chi connectivity index (χ0n) is 8.43. The Balaban J connectivity index is 2.29. The van der Waals surface area contributed by atoms with Crippen LogP contribution in [0.15, 0.2) is 28.2 Å². The Morgan fingerprint density at radius 2 is 2.33 bits per heavy atom. The number of hydrogen-bond acceptors (Lipinski definition) is 4. The van der Waals surface area contributed by atoms with Crippen molar-refractivity contribution in [1.82, 2.24) is 9.88 Å². The van der Waals surface area contributed by atoms with Gasteiger partial charge in [0.2, 0.25) is 0 Å². The molecule has 0 aliphatic carbocycles. The van der Waals surface area contributed by atoms with Crippen molar-refractivity contribution in [3.05, 3.63) is 29.5 Å². The van der Waals surface area contributed by atoms with Crippen LogP contribution >= 0.6 is 11.3 Å². The maximum atomic E-state index is 11.6. The summed E-state index contributed by atoms with van der Waals surface area (Å²) in [5, 5.41) is 2.46. The van der Waals surface area contributed by atoms with Crippen molar-refractivity contribution in [2.75, 3.05) is 14.1 Å². The fourth-order valence-corrected chi connectivity index (χ4v) is 1.87. The molecule has 0 aliphatic heterocycles. The maximum Gasteiger partial charge on any atom is 0.272 e. The third-order valence-corrected chi connectivity index (χ3v) is 2.72. The Hall–Kier alpha value is -1.62. The summed E-state index contributed by atoms with van der Waals surface area (Å²) in [6.07, 6.45) is 1.59. The monoisotopic (exact) mass is 222 g/mol. The topological polar surface area (TPSA) is 46.3 Å². The molecule has 15 heavy (non-hydrogen) atoms. The first-order valence-corrected chi connectivity index (χ1v) is 5.27. The third-order valence-electron chi connectivity index (χ3n) is 1.86. The summed E-state index contributed by atoms with van der Waals surface area (Å²) in [6.45, 7) is 0. The second-order valence-corrected chi connectivity index (χ2v) is 4.07. The molecule has 2 aromatic heterocycles. The number of hydrogen-bond donors (Lipinski definition) is 0. The summed E-state index contributed by atoms with van der Waals surface area (Å²) in [5.74, 6) is 0.599. The fraction of sp³-hybridized carbons (Fsp3) is 0.200. The molecule has 0 fully saturated rings. The van der Waals surface area contributed by atoms with Crippen LogP contribution in [0.3, 0.4) is 0 Å². The number of thiazole rings is 1. The van der Waals surface area contributed by atoms with Gasteiger partial charge >= 0.3 is 0 Å². The number of carbonyl (C=O) groups is 1. The van der Waals surface area contributed by atoms with Crippen LogP contribution in [0.2, 0.25) is 0 Å². The van der Waals surface area contributed by atoms with Crippen LogP contribution in [-0.2, 0) is 0 Å². The standard InChI is InChI=1S/C10H10N2O2S/c1-12(2)10(13)7-6-15-9(11-7)8-4-3-5-14-8/h3-6H,1-2H3. The Kier molecular flexibility index (Phi) is 2.55. The molecule has 4 nitrogen and oxygen atoms in total. The summed E-state index contributed by atoms with van der Waals surface area (Å²) in [5.41, 5.74) is 0.455. The van der Waals surface area contributed by atoms with Gasteiger partial charge in [-0.05, 0) is 12.1 Å². The molecular formula is C10H10N2O2S. The number of furan rings is 1. The molecule has 0 aromatic carbocycles. The molecule has 2 heterocycles. The second kappa shape index (κ2) is 3.86. The minimum absolute atomic E-state index is 0.0935. The molecule has 0 unspecified atom stereocenters. The van der Waals surface area contributed by atoms with Gasteiger partial charge in [-0.15, -0.1) is 11.3 Å². The molecule has 0 spiro atoms. The molecule has 2 rings (SSSR count). The summed E-state index contributed by atoms with van der Waals surface area (Å²) in [7, 11) is 3.41. The number of carbonyl (C=O) groups excluding carboxylic acids is 1. The largest absolute Gasteiger partial charge is 0.462 e. The van der Waals surface area contributed by atoms with Crippen LogP contribution < -0.4 is 0 Å². The Morgan fingerprint density at radius 3 is 2.93 bits per heavy atom. The maximum absolute atomic E-state index is 11.6. The molecule has 0 N–H and O–H groups in total. The van der Waals surface area contributed by atoms with Crippen molar-refractivity contribution in [3.63, 3.8) is 0 Å². The molecule has 0 bridgehead atoms. The van der Waals surface area contributed by atoms with Gasteiger partial charge in [0.1, 0.15) is 5.69 Å². The van der Waals surface area contributed by atoms with Crippen molar-refractivity contribution in [3.8, 4) is 10.8 Å². The van der Waals surface area contributed by atoms with Gasteiger partial charge in [0, 0.05) is 19.5 Å². The number of rotatable bonds is 2. The van der Waals surface area contributed by atoms with Crippen LogP contribution in [0.4, 0.5) is 0 Å². The molecule has 0 radical (unpaired) electrons. The van der Waals surface area contributed by atoms with Crippen molar-refractivity contribution in [2.45, 2.75) is 0 Å². The highest BCUT2D eigenvalue weighted by Gasteiger charge is 2.14. The van der Waals surface area contributed by atoms with Gasteiger partial charge in [0.05, 0.1) is 6.26 Å². The minimum Gasteiger partial charge on any atom is -0.462 e. The van der Waals surface area contributed by atoms with E-state index in [-0.39, 0.29) is 5.91 Å². The van der Waals surface area contributed by atoms with Crippen LogP contribution in [0.5, 0.6) is 0 Å². The second-order valence-electron chi connectivity index (χ2n) is 3.21. The van der Waals surface area contributed by atoms with E-state index in [1.165, 1.54) is 16.2 Å². The zero-order valence-corrected chi connectivity index (χ0v) is 9.25. The summed E-state index contributed by atoms with van der Waals surface area (Å²) >= 11 is 1.40. The smallest absolute Gasteiger partial charge is 0.272 e. The molecule has 2 aromatic rings. The normalized spacial score (nSPS) is 10.3. The Labute approximate surface area is 91.2 Å². The lowest BCUT2D eigenvalue weighted by Crippen LogP contribution is -2.21. The van der Waals surface area contributed by atoms with Crippen molar-refractivity contribution >= 4 is 17.2 Å². The Morgan fingerprint density at radius 1 is 1.53 bits per heavy atom. The molecule has 1 amide bonds. The molecular weight excluding hydrogens is 212 g/mol. The molecule has 5 heteroatoms. The summed E-state index contributed by atoms with van der Waals surface area (Å²) < 4.78 is 5.20. The van der Waals surface area contributed by atoms with Crippen LogP contribution in [0.25, 0.3) is 10.8 Å². The highest BCUT2D eigenvalue weighted by atomic mass is 32.1. The predicted octanol–water partition coefficient (Wildman–Crippen LogP) is 2.10. The molecule has 0 atom stereocenters. The van der Waals surface area contributed by atoms with Gasteiger partial charge in [-0.1, -0.05) is 0 Å². The van der Waals surface area contributed by atoms with E-state index in [9.17, 15) is 4.79 Å². The van der Waals surface area contributed by atoms with Gasteiger partial charge in [-0.2, -0.15) is 0 Å². The van der Waals surface area contributed by atoms with E-state index < -0.39 is 0 Å². The van der Waals surface area contributed by atoms with Gasteiger partial charge in [0.15, 0.2) is 10.8 Å². The van der Waals surface area contributed by atoms with E-state index in [0.29, 0.717) is 11.5 Å². The van der Waals surface area contributed by atoms with Crippen LogP contribution in [-0.4, -0.2) is 29.9 Å². The van der Waals surface area contributed by atoms with Crippen molar-refractivity contribution in [1.29, 1.82) is 0 Å². The van der Waals surface area contributed by atoms with E-state index in [2.05, 4.69) is 4.98 Å². The number of amides is 1. The summed E-state index contributed by atoms with van der Waals surface area (Å²) in [4.78, 5) is 17.3. The van der Waals surface area contributed by atoms with Gasteiger partial charge in [-0.3, -0.25) is 4.79 Å². The molecule has 0 saturated heterocycles. The van der Waals surface area contributed by atoms with E-state index in [0.717, 1.165) is 5.01 Å². The quantitative estimate of drug-likeness (QED) is 0.781. The molecule has 0 saturated carbocycles. The SMILES string of the molecule is CN(C)C(=O)c1csc(-c2ccco2)n1. The van der Waals surface area contributed by atoms with Crippen molar-refractivity contribution < 1.29 is 9.21 Å². The number of aromatic nitrogens is 1.